The molecule has 4 amide bonds. The zero-order valence-electron chi connectivity index (χ0n) is 19.0. The molecule has 0 aliphatic carbocycles. The van der Waals surface area contributed by atoms with Gasteiger partial charge in [0.2, 0.25) is 5.89 Å². The number of ether oxygens (including phenoxy) is 2. The normalized spacial score (nSPS) is 13.6. The molecule has 176 valence electrons. The highest BCUT2D eigenvalue weighted by Gasteiger charge is 2.46. The van der Waals surface area contributed by atoms with Gasteiger partial charge in [-0.15, -0.1) is 0 Å². The molecule has 1 aliphatic rings. The number of oxazole rings is 1. The van der Waals surface area contributed by atoms with Gasteiger partial charge in [0.1, 0.15) is 6.26 Å². The van der Waals surface area contributed by atoms with E-state index in [1.165, 1.54) is 12.3 Å². The van der Waals surface area contributed by atoms with E-state index in [4.69, 9.17) is 13.9 Å². The number of rotatable bonds is 10. The number of urea groups is 1. The number of carbonyl (C=O) groups is 3. The molecule has 2 aromatic carbocycles. The summed E-state index contributed by atoms with van der Waals surface area (Å²) in [6.45, 7) is 4.70. The molecule has 0 N–H and O–H groups in total. The third-order valence-electron chi connectivity index (χ3n) is 5.05. The Kier molecular flexibility index (Phi) is 6.91. The molecule has 9 nitrogen and oxygen atoms in total. The van der Waals surface area contributed by atoms with Crippen LogP contribution in [0.5, 0.6) is 11.5 Å². The minimum Gasteiger partial charge on any atom is -0.490 e. The molecule has 0 spiro atoms. The molecule has 2 heterocycles. The summed E-state index contributed by atoms with van der Waals surface area (Å²) in [6.07, 6.45) is 2.95. The third kappa shape index (κ3) is 4.63. The van der Waals surface area contributed by atoms with Gasteiger partial charge in [0.25, 0.3) is 0 Å². The highest BCUT2D eigenvalue weighted by molar-refractivity contribution is 6.52. The molecule has 1 saturated heterocycles. The van der Waals surface area contributed by atoms with Crippen LogP contribution in [-0.4, -0.2) is 40.9 Å². The Labute approximate surface area is 196 Å². The van der Waals surface area contributed by atoms with Crippen molar-refractivity contribution >= 4 is 23.5 Å². The van der Waals surface area contributed by atoms with Crippen LogP contribution in [0.15, 0.2) is 59.2 Å². The van der Waals surface area contributed by atoms with Gasteiger partial charge in [0.05, 0.1) is 31.1 Å². The molecule has 0 atom stereocenters. The first-order valence-corrected chi connectivity index (χ1v) is 11.1. The summed E-state index contributed by atoms with van der Waals surface area (Å²) in [6, 6.07) is 13.2. The summed E-state index contributed by atoms with van der Waals surface area (Å²) in [5, 5.41) is 0. The Morgan fingerprint density at radius 1 is 0.882 bits per heavy atom. The van der Waals surface area contributed by atoms with E-state index in [1.807, 2.05) is 44.2 Å². The minimum absolute atomic E-state index is 0.187. The van der Waals surface area contributed by atoms with Crippen molar-refractivity contribution in [3.05, 3.63) is 60.5 Å². The molecule has 9 heteroatoms. The maximum absolute atomic E-state index is 13.1. The second kappa shape index (κ2) is 10.2. The zero-order chi connectivity index (χ0) is 24.1. The van der Waals surface area contributed by atoms with Gasteiger partial charge in [-0.25, -0.2) is 19.6 Å². The maximum Gasteiger partial charge on any atom is 0.339 e. The number of anilines is 1. The number of carbonyl (C=O) groups excluding carboxylic acids is 3. The molecule has 1 fully saturated rings. The Hall–Kier alpha value is -4.14. The van der Waals surface area contributed by atoms with Crippen molar-refractivity contribution in [2.45, 2.75) is 33.2 Å². The second-order valence-electron chi connectivity index (χ2n) is 7.65. The van der Waals surface area contributed by atoms with Gasteiger partial charge in [0.15, 0.2) is 11.5 Å². The fourth-order valence-electron chi connectivity index (χ4n) is 3.42. The van der Waals surface area contributed by atoms with Crippen molar-refractivity contribution < 1.29 is 28.3 Å². The number of nitrogens with zero attached hydrogens (tertiary/aromatic N) is 3. The van der Waals surface area contributed by atoms with Crippen molar-refractivity contribution in [2.75, 3.05) is 18.1 Å². The largest absolute Gasteiger partial charge is 0.490 e. The van der Waals surface area contributed by atoms with E-state index >= 15 is 0 Å². The Bertz CT molecular complexity index is 1190. The number of benzene rings is 2. The molecular formula is C25H25N3O6. The lowest BCUT2D eigenvalue weighted by Gasteiger charge is -2.18. The van der Waals surface area contributed by atoms with Crippen LogP contribution in [0.2, 0.25) is 0 Å². The first kappa shape index (κ1) is 23.0. The van der Waals surface area contributed by atoms with E-state index in [2.05, 4.69) is 4.98 Å². The van der Waals surface area contributed by atoms with E-state index in [-0.39, 0.29) is 12.2 Å². The van der Waals surface area contributed by atoms with Crippen LogP contribution in [-0.2, 0) is 16.1 Å². The fraction of sp³-hybridized carbons (Fsp3) is 0.280. The topological polar surface area (TPSA) is 102 Å². The first-order valence-electron chi connectivity index (χ1n) is 11.1. The van der Waals surface area contributed by atoms with Crippen LogP contribution in [0.25, 0.3) is 11.5 Å². The van der Waals surface area contributed by atoms with Crippen LogP contribution in [0.4, 0.5) is 10.5 Å². The lowest BCUT2D eigenvalue weighted by atomic mass is 10.2. The van der Waals surface area contributed by atoms with Gasteiger partial charge in [-0.3, -0.25) is 9.59 Å². The Morgan fingerprint density at radius 3 is 2.29 bits per heavy atom. The summed E-state index contributed by atoms with van der Waals surface area (Å²) < 4.78 is 16.9. The van der Waals surface area contributed by atoms with E-state index in [0.29, 0.717) is 36.3 Å². The highest BCUT2D eigenvalue weighted by Crippen LogP contribution is 2.34. The molecule has 0 bridgehead atoms. The third-order valence-corrected chi connectivity index (χ3v) is 5.05. The predicted molar refractivity (Wildman–Crippen MR) is 123 cm³/mol. The molecular weight excluding hydrogens is 438 g/mol. The van der Waals surface area contributed by atoms with Crippen LogP contribution in [0.1, 0.15) is 32.4 Å². The highest BCUT2D eigenvalue weighted by atomic mass is 16.5. The van der Waals surface area contributed by atoms with Gasteiger partial charge in [-0.05, 0) is 37.1 Å². The van der Waals surface area contributed by atoms with Gasteiger partial charge in [0, 0.05) is 11.6 Å². The van der Waals surface area contributed by atoms with Crippen LogP contribution < -0.4 is 14.4 Å². The standard InChI is InChI=1S/C25H25N3O6/c1-3-12-32-20-11-10-19(14-21(20)33-13-4-2)28-24(30)23(29)27(25(28)31)15-18-16-34-22(26-18)17-8-6-5-7-9-17/h5-11,14,16H,3-4,12-13,15H2,1-2H3. The van der Waals surface area contributed by atoms with Gasteiger partial charge in [-0.1, -0.05) is 32.0 Å². The minimum atomic E-state index is -0.944. The number of aromatic nitrogens is 1. The quantitative estimate of drug-likeness (QED) is 0.324. The summed E-state index contributed by atoms with van der Waals surface area (Å²) in [5.41, 5.74) is 1.34. The monoisotopic (exact) mass is 463 g/mol. The SMILES string of the molecule is CCCOc1ccc(N2C(=O)C(=O)N(Cc3coc(-c4ccccc4)n3)C2=O)cc1OCCC. The van der Waals surface area contributed by atoms with Crippen LogP contribution >= 0.6 is 0 Å². The van der Waals surface area contributed by atoms with Crippen molar-refractivity contribution in [3.63, 3.8) is 0 Å². The van der Waals surface area contributed by atoms with E-state index in [0.717, 1.165) is 28.2 Å². The van der Waals surface area contributed by atoms with Gasteiger partial charge < -0.3 is 13.9 Å². The molecule has 4 rings (SSSR count). The van der Waals surface area contributed by atoms with Crippen molar-refractivity contribution in [2.24, 2.45) is 0 Å². The predicted octanol–water partition coefficient (Wildman–Crippen LogP) is 4.41. The van der Waals surface area contributed by atoms with Gasteiger partial charge >= 0.3 is 17.8 Å². The van der Waals surface area contributed by atoms with Crippen LogP contribution in [0, 0.1) is 0 Å². The van der Waals surface area contributed by atoms with Crippen molar-refractivity contribution in [1.29, 1.82) is 0 Å². The average molecular weight is 463 g/mol. The Balaban J connectivity index is 1.55. The van der Waals surface area contributed by atoms with Crippen LogP contribution in [0.3, 0.4) is 0 Å². The molecule has 0 radical (unpaired) electrons. The summed E-state index contributed by atoms with van der Waals surface area (Å²) in [7, 11) is 0. The smallest absolute Gasteiger partial charge is 0.339 e. The molecule has 0 unspecified atom stereocenters. The molecule has 0 saturated carbocycles. The number of imide groups is 2. The molecule has 3 aromatic rings. The van der Waals surface area contributed by atoms with Crippen molar-refractivity contribution in [3.8, 4) is 23.0 Å². The number of hydrogen-bond acceptors (Lipinski definition) is 7. The maximum atomic E-state index is 13.1. The zero-order valence-corrected chi connectivity index (χ0v) is 19.0. The van der Waals surface area contributed by atoms with Gasteiger partial charge in [-0.2, -0.15) is 0 Å². The van der Waals surface area contributed by atoms with E-state index in [9.17, 15) is 14.4 Å². The lowest BCUT2D eigenvalue weighted by Crippen LogP contribution is -2.33. The average Bonchev–Trinajstić information content (AvgIpc) is 3.41. The van der Waals surface area contributed by atoms with E-state index in [1.54, 1.807) is 12.1 Å². The Morgan fingerprint density at radius 2 is 1.59 bits per heavy atom. The number of amides is 4. The number of hydrogen-bond donors (Lipinski definition) is 0. The summed E-state index contributed by atoms with van der Waals surface area (Å²) in [5.74, 6) is -0.601. The van der Waals surface area contributed by atoms with E-state index < -0.39 is 17.8 Å². The fourth-order valence-corrected chi connectivity index (χ4v) is 3.42. The lowest BCUT2D eigenvalue weighted by molar-refractivity contribution is -0.139. The first-order chi connectivity index (χ1) is 16.5. The second-order valence-corrected chi connectivity index (χ2v) is 7.65. The molecule has 34 heavy (non-hydrogen) atoms. The summed E-state index contributed by atoms with van der Waals surface area (Å²) >= 11 is 0. The summed E-state index contributed by atoms with van der Waals surface area (Å²) in [4.78, 5) is 44.5. The molecule has 1 aromatic heterocycles. The van der Waals surface area contributed by atoms with Crippen molar-refractivity contribution in [1.82, 2.24) is 9.88 Å². The molecule has 1 aliphatic heterocycles.